The van der Waals surface area contributed by atoms with Crippen LogP contribution in [0, 0.1) is 19.8 Å². The average molecular weight is 475 g/mol. The van der Waals surface area contributed by atoms with Gasteiger partial charge in [-0.25, -0.2) is 0 Å². The van der Waals surface area contributed by atoms with Gasteiger partial charge in [0.15, 0.2) is 5.11 Å². The van der Waals surface area contributed by atoms with Crippen molar-refractivity contribution in [2.45, 2.75) is 60.4 Å². The number of benzene rings is 2. The van der Waals surface area contributed by atoms with E-state index in [-0.39, 0.29) is 6.04 Å². The summed E-state index contributed by atoms with van der Waals surface area (Å²) in [5.41, 5.74) is 7.91. The molecule has 0 saturated carbocycles. The summed E-state index contributed by atoms with van der Waals surface area (Å²) in [5, 5.41) is 8.63. The monoisotopic (exact) mass is 474 g/mol. The van der Waals surface area contributed by atoms with Gasteiger partial charge in [0.05, 0.1) is 11.6 Å². The van der Waals surface area contributed by atoms with Crippen LogP contribution in [0.5, 0.6) is 0 Å². The van der Waals surface area contributed by atoms with Gasteiger partial charge in [-0.3, -0.25) is 0 Å². The Kier molecular flexibility index (Phi) is 7.17. The van der Waals surface area contributed by atoms with Crippen molar-refractivity contribution in [3.8, 4) is 11.4 Å². The minimum absolute atomic E-state index is 0.155. The van der Waals surface area contributed by atoms with Crippen molar-refractivity contribution in [1.29, 1.82) is 0 Å². The molecule has 0 saturated heterocycles. The van der Waals surface area contributed by atoms with E-state index in [0.717, 1.165) is 46.9 Å². The molecule has 5 nitrogen and oxygen atoms in total. The first-order valence-electron chi connectivity index (χ1n) is 12.1. The normalized spacial score (nSPS) is 16.4. The highest BCUT2D eigenvalue weighted by atomic mass is 32.1. The van der Waals surface area contributed by atoms with E-state index in [1.807, 2.05) is 0 Å². The zero-order valence-corrected chi connectivity index (χ0v) is 21.8. The van der Waals surface area contributed by atoms with E-state index in [2.05, 4.69) is 99.4 Å². The fourth-order valence-electron chi connectivity index (χ4n) is 4.25. The Morgan fingerprint density at radius 2 is 1.79 bits per heavy atom. The smallest absolute Gasteiger partial charge is 0.258 e. The number of rotatable bonds is 7. The first kappa shape index (κ1) is 24.1. The number of allylic oxidation sites excluding steroid dienone is 1. The van der Waals surface area contributed by atoms with E-state index in [9.17, 15) is 0 Å². The van der Waals surface area contributed by atoms with Crippen LogP contribution in [-0.4, -0.2) is 26.7 Å². The molecule has 1 aliphatic rings. The summed E-state index contributed by atoms with van der Waals surface area (Å²) in [6.45, 7) is 13.8. The molecule has 34 heavy (non-hydrogen) atoms. The Labute approximate surface area is 208 Å². The summed E-state index contributed by atoms with van der Waals surface area (Å²) in [5.74, 6) is 1.70. The number of nitrogens with one attached hydrogen (secondary N) is 1. The number of aryl methyl sites for hydroxylation is 3. The summed E-state index contributed by atoms with van der Waals surface area (Å²) >= 11 is 5.81. The number of thiocarbonyl (C=S) groups is 1. The Hall–Kier alpha value is -2.99. The molecule has 1 atom stereocenters. The van der Waals surface area contributed by atoms with Crippen molar-refractivity contribution >= 4 is 22.9 Å². The van der Waals surface area contributed by atoms with E-state index < -0.39 is 0 Å². The van der Waals surface area contributed by atoms with Crippen LogP contribution in [0.2, 0.25) is 0 Å². The van der Waals surface area contributed by atoms with Crippen LogP contribution < -0.4 is 5.32 Å². The fourth-order valence-corrected chi connectivity index (χ4v) is 4.59. The zero-order valence-electron chi connectivity index (χ0n) is 21.0. The van der Waals surface area contributed by atoms with Gasteiger partial charge in [0, 0.05) is 17.8 Å². The molecule has 0 fully saturated rings. The second-order valence-electron chi connectivity index (χ2n) is 9.53. The van der Waals surface area contributed by atoms with E-state index in [1.165, 1.54) is 16.7 Å². The number of aromatic nitrogens is 2. The molecule has 0 aliphatic carbocycles. The maximum absolute atomic E-state index is 5.87. The van der Waals surface area contributed by atoms with Crippen LogP contribution in [-0.2, 0) is 6.42 Å². The summed E-state index contributed by atoms with van der Waals surface area (Å²) in [6.07, 6.45) is 2.04. The van der Waals surface area contributed by atoms with Gasteiger partial charge in [-0.05, 0) is 74.0 Å². The summed E-state index contributed by atoms with van der Waals surface area (Å²) in [6, 6.07) is 14.7. The lowest BCUT2D eigenvalue weighted by Crippen LogP contribution is -2.46. The third-order valence-corrected chi connectivity index (χ3v) is 7.01. The lowest BCUT2D eigenvalue weighted by atomic mass is 9.92. The first-order valence-corrected chi connectivity index (χ1v) is 12.5. The minimum atomic E-state index is -0.155. The summed E-state index contributed by atoms with van der Waals surface area (Å²) < 4.78 is 5.87. The van der Waals surface area contributed by atoms with Crippen molar-refractivity contribution in [2.75, 3.05) is 6.54 Å². The summed E-state index contributed by atoms with van der Waals surface area (Å²) in [4.78, 5) is 7.00. The highest BCUT2D eigenvalue weighted by Crippen LogP contribution is 2.38. The highest BCUT2D eigenvalue weighted by molar-refractivity contribution is 7.80. The van der Waals surface area contributed by atoms with Crippen LogP contribution in [0.15, 0.2) is 52.7 Å². The quantitative estimate of drug-likeness (QED) is 0.388. The third-order valence-electron chi connectivity index (χ3n) is 6.67. The van der Waals surface area contributed by atoms with Crippen molar-refractivity contribution in [3.63, 3.8) is 0 Å². The van der Waals surface area contributed by atoms with Crippen LogP contribution in [0.25, 0.3) is 17.0 Å². The largest absolute Gasteiger partial charge is 0.351 e. The first-order chi connectivity index (χ1) is 16.3. The van der Waals surface area contributed by atoms with Crippen molar-refractivity contribution in [2.24, 2.45) is 5.92 Å². The molecule has 2 aromatic carbocycles. The minimum Gasteiger partial charge on any atom is -0.351 e. The number of nitrogens with zero attached hydrogens (tertiary/aromatic N) is 3. The molecular weight excluding hydrogens is 440 g/mol. The molecule has 178 valence electrons. The molecule has 0 amide bonds. The van der Waals surface area contributed by atoms with Gasteiger partial charge in [-0.2, -0.15) is 4.98 Å². The van der Waals surface area contributed by atoms with Crippen LogP contribution in [0.1, 0.15) is 68.3 Å². The second kappa shape index (κ2) is 10.1. The third kappa shape index (κ3) is 4.92. The Morgan fingerprint density at radius 1 is 1.06 bits per heavy atom. The standard InChI is InChI=1S/C28H34N4OS/c1-7-21-9-12-22(13-10-21)26-30-27(33-31-26)24-20(6)32(15-14-17(2)3)28(34)29-25(24)23-11-8-18(4)19(5)16-23/h8-13,16-17,25H,7,14-15H2,1-6H3,(H,29,34). The van der Waals surface area contributed by atoms with E-state index >= 15 is 0 Å². The molecule has 3 aromatic rings. The molecule has 4 rings (SSSR count). The summed E-state index contributed by atoms with van der Waals surface area (Å²) in [7, 11) is 0. The van der Waals surface area contributed by atoms with Crippen LogP contribution in [0.4, 0.5) is 0 Å². The fraction of sp³-hybridized carbons (Fsp3) is 0.393. The molecule has 1 N–H and O–H groups in total. The van der Waals surface area contributed by atoms with E-state index in [4.69, 9.17) is 21.7 Å². The Morgan fingerprint density at radius 3 is 2.44 bits per heavy atom. The van der Waals surface area contributed by atoms with Crippen molar-refractivity contribution in [1.82, 2.24) is 20.4 Å². The predicted molar refractivity (Wildman–Crippen MR) is 142 cm³/mol. The van der Waals surface area contributed by atoms with Gasteiger partial charge in [-0.15, -0.1) is 0 Å². The zero-order chi connectivity index (χ0) is 24.4. The van der Waals surface area contributed by atoms with Gasteiger partial charge in [0.25, 0.3) is 5.89 Å². The van der Waals surface area contributed by atoms with Crippen LogP contribution in [0.3, 0.4) is 0 Å². The molecule has 1 aromatic heterocycles. The Bertz CT molecular complexity index is 1210. The number of hydrogen-bond donors (Lipinski definition) is 1. The van der Waals surface area contributed by atoms with Gasteiger partial charge in [0.1, 0.15) is 0 Å². The second-order valence-corrected chi connectivity index (χ2v) is 9.92. The van der Waals surface area contributed by atoms with Gasteiger partial charge in [0.2, 0.25) is 5.82 Å². The lowest BCUT2D eigenvalue weighted by molar-refractivity contribution is 0.390. The SMILES string of the molecule is CCc1ccc(-c2noc(C3=C(C)N(CCC(C)C)C(=S)NC3c3ccc(C)c(C)c3)n2)cc1. The molecule has 0 radical (unpaired) electrons. The average Bonchev–Trinajstić information content (AvgIpc) is 3.30. The highest BCUT2D eigenvalue weighted by Gasteiger charge is 2.34. The van der Waals surface area contributed by atoms with Crippen molar-refractivity contribution in [3.05, 3.63) is 76.3 Å². The molecule has 6 heteroatoms. The predicted octanol–water partition coefficient (Wildman–Crippen LogP) is 6.62. The topological polar surface area (TPSA) is 54.2 Å². The molecule has 0 spiro atoms. The molecule has 1 aliphatic heterocycles. The van der Waals surface area contributed by atoms with Gasteiger partial charge >= 0.3 is 0 Å². The molecule has 2 heterocycles. The van der Waals surface area contributed by atoms with Gasteiger partial charge < -0.3 is 14.7 Å². The Balaban J connectivity index is 1.78. The van der Waals surface area contributed by atoms with E-state index in [0.29, 0.717) is 17.6 Å². The molecular formula is C28H34N4OS. The van der Waals surface area contributed by atoms with Gasteiger partial charge in [-0.1, -0.05) is 68.4 Å². The van der Waals surface area contributed by atoms with Crippen LogP contribution >= 0.6 is 12.2 Å². The van der Waals surface area contributed by atoms with E-state index in [1.54, 1.807) is 0 Å². The molecule has 0 bridgehead atoms. The van der Waals surface area contributed by atoms with Crippen molar-refractivity contribution < 1.29 is 4.52 Å². The molecule has 1 unspecified atom stereocenters. The maximum Gasteiger partial charge on any atom is 0.258 e. The lowest BCUT2D eigenvalue weighted by Gasteiger charge is -2.37. The number of hydrogen-bond acceptors (Lipinski definition) is 4. The maximum atomic E-state index is 5.87.